The van der Waals surface area contributed by atoms with Gasteiger partial charge in [0, 0.05) is 8.95 Å². The zero-order valence-electron chi connectivity index (χ0n) is 9.05. The van der Waals surface area contributed by atoms with E-state index < -0.39 is 0 Å². The van der Waals surface area contributed by atoms with E-state index >= 15 is 0 Å². The fourth-order valence-electron chi connectivity index (χ4n) is 1.46. The molecule has 0 saturated carbocycles. The first-order valence-corrected chi connectivity index (χ1v) is 6.60. The van der Waals surface area contributed by atoms with Gasteiger partial charge in [0.25, 0.3) is 0 Å². The highest BCUT2D eigenvalue weighted by atomic mass is 79.9. The fourth-order valence-corrected chi connectivity index (χ4v) is 2.18. The van der Waals surface area contributed by atoms with Crippen molar-refractivity contribution in [2.45, 2.75) is 0 Å². The van der Waals surface area contributed by atoms with Gasteiger partial charge in [-0.1, -0.05) is 31.9 Å². The molecule has 0 unspecified atom stereocenters. The molecule has 2 nitrogen and oxygen atoms in total. The Morgan fingerprint density at radius 2 is 1.61 bits per heavy atom. The topological polar surface area (TPSA) is 35.8 Å². The molecule has 0 atom stereocenters. The maximum Gasteiger partial charge on any atom is 0.146 e. The number of hydrogen-bond donors (Lipinski definition) is 1. The van der Waals surface area contributed by atoms with Crippen molar-refractivity contribution in [3.05, 3.63) is 56.7 Å². The third-order valence-corrected chi connectivity index (χ3v) is 3.29. The standard InChI is InChI=1S/C13H7Br2FN2/c14-9-2-1-8(7-17)12(5-9)18-13-6-10(15)3-4-11(13)16/h1-6,18H. The van der Waals surface area contributed by atoms with Crippen molar-refractivity contribution >= 4 is 43.2 Å². The molecule has 2 aromatic carbocycles. The van der Waals surface area contributed by atoms with Crippen LogP contribution in [0.1, 0.15) is 5.56 Å². The summed E-state index contributed by atoms with van der Waals surface area (Å²) < 4.78 is 15.2. The number of hydrogen-bond acceptors (Lipinski definition) is 2. The number of benzene rings is 2. The zero-order chi connectivity index (χ0) is 13.1. The maximum absolute atomic E-state index is 13.6. The minimum Gasteiger partial charge on any atom is -0.352 e. The van der Waals surface area contributed by atoms with Gasteiger partial charge >= 0.3 is 0 Å². The summed E-state index contributed by atoms with van der Waals surface area (Å²) in [6.45, 7) is 0. The Bertz CT molecular complexity index is 635. The molecule has 0 saturated heterocycles. The SMILES string of the molecule is N#Cc1ccc(Br)cc1Nc1cc(Br)ccc1F. The molecule has 0 aliphatic carbocycles. The van der Waals surface area contributed by atoms with Crippen molar-refractivity contribution in [1.29, 1.82) is 5.26 Å². The van der Waals surface area contributed by atoms with Gasteiger partial charge in [0.1, 0.15) is 11.9 Å². The van der Waals surface area contributed by atoms with E-state index in [0.717, 1.165) is 8.95 Å². The first-order valence-electron chi connectivity index (χ1n) is 5.02. The lowest BCUT2D eigenvalue weighted by Crippen LogP contribution is -1.96. The molecule has 90 valence electrons. The van der Waals surface area contributed by atoms with E-state index in [4.69, 9.17) is 5.26 Å². The fraction of sp³-hybridized carbons (Fsp3) is 0. The molecule has 5 heteroatoms. The Labute approximate surface area is 121 Å². The molecule has 2 aromatic rings. The first-order chi connectivity index (χ1) is 8.60. The Morgan fingerprint density at radius 3 is 2.28 bits per heavy atom. The van der Waals surface area contributed by atoms with Gasteiger partial charge in [-0.2, -0.15) is 5.26 Å². The highest BCUT2D eigenvalue weighted by Gasteiger charge is 2.07. The molecule has 18 heavy (non-hydrogen) atoms. The van der Waals surface area contributed by atoms with Gasteiger partial charge in [-0.3, -0.25) is 0 Å². The van der Waals surface area contributed by atoms with Gasteiger partial charge in [-0.15, -0.1) is 0 Å². The number of rotatable bonds is 2. The maximum atomic E-state index is 13.6. The van der Waals surface area contributed by atoms with Crippen molar-refractivity contribution in [2.24, 2.45) is 0 Å². The Morgan fingerprint density at radius 1 is 1.00 bits per heavy atom. The molecule has 0 radical (unpaired) electrons. The molecular weight excluding hydrogens is 363 g/mol. The quantitative estimate of drug-likeness (QED) is 0.811. The smallest absolute Gasteiger partial charge is 0.146 e. The van der Waals surface area contributed by atoms with Crippen LogP contribution in [0.2, 0.25) is 0 Å². The van der Waals surface area contributed by atoms with E-state index in [2.05, 4.69) is 43.2 Å². The van der Waals surface area contributed by atoms with Crippen LogP contribution < -0.4 is 5.32 Å². The highest BCUT2D eigenvalue weighted by Crippen LogP contribution is 2.27. The summed E-state index contributed by atoms with van der Waals surface area (Å²) in [7, 11) is 0. The van der Waals surface area contributed by atoms with Crippen LogP contribution in [0.3, 0.4) is 0 Å². The molecule has 0 aliphatic heterocycles. The molecule has 0 spiro atoms. The van der Waals surface area contributed by atoms with Crippen LogP contribution >= 0.6 is 31.9 Å². The molecule has 0 aliphatic rings. The second-order valence-electron chi connectivity index (χ2n) is 3.55. The Kier molecular flexibility index (Phi) is 4.00. The summed E-state index contributed by atoms with van der Waals surface area (Å²) in [6, 6.07) is 11.8. The van der Waals surface area contributed by atoms with E-state index in [1.807, 2.05) is 0 Å². The number of anilines is 2. The number of nitrogens with zero attached hydrogens (tertiary/aromatic N) is 1. The molecule has 1 N–H and O–H groups in total. The second kappa shape index (κ2) is 5.51. The van der Waals surface area contributed by atoms with Gasteiger partial charge in [0.2, 0.25) is 0 Å². The Balaban J connectivity index is 2.43. The predicted octanol–water partition coefficient (Wildman–Crippen LogP) is 4.97. The van der Waals surface area contributed by atoms with Crippen LogP contribution in [-0.2, 0) is 0 Å². The average molecular weight is 370 g/mol. The predicted molar refractivity (Wildman–Crippen MR) is 76.2 cm³/mol. The van der Waals surface area contributed by atoms with E-state index in [1.54, 1.807) is 30.3 Å². The summed E-state index contributed by atoms with van der Waals surface area (Å²) >= 11 is 6.60. The molecule has 0 amide bonds. The molecule has 0 bridgehead atoms. The van der Waals surface area contributed by atoms with Crippen LogP contribution in [0.15, 0.2) is 45.3 Å². The average Bonchev–Trinajstić information content (AvgIpc) is 2.34. The summed E-state index contributed by atoms with van der Waals surface area (Å²) in [4.78, 5) is 0. The molecular formula is C13H7Br2FN2. The summed E-state index contributed by atoms with van der Waals surface area (Å²) in [5, 5.41) is 11.9. The molecule has 2 rings (SSSR count). The minimum atomic E-state index is -0.373. The number of halogens is 3. The van der Waals surface area contributed by atoms with Gasteiger partial charge < -0.3 is 5.32 Å². The minimum absolute atomic E-state index is 0.318. The molecule has 0 heterocycles. The third kappa shape index (κ3) is 2.89. The van der Waals surface area contributed by atoms with E-state index in [1.165, 1.54) is 6.07 Å². The lowest BCUT2D eigenvalue weighted by molar-refractivity contribution is 0.631. The van der Waals surface area contributed by atoms with Crippen molar-refractivity contribution < 1.29 is 4.39 Å². The summed E-state index contributed by atoms with van der Waals surface area (Å²) in [5.74, 6) is -0.373. The van der Waals surface area contributed by atoms with Gasteiger partial charge in [-0.25, -0.2) is 4.39 Å². The van der Waals surface area contributed by atoms with Crippen molar-refractivity contribution in [2.75, 3.05) is 5.32 Å². The van der Waals surface area contributed by atoms with Crippen LogP contribution in [0, 0.1) is 17.1 Å². The van der Waals surface area contributed by atoms with E-state index in [9.17, 15) is 4.39 Å². The third-order valence-electron chi connectivity index (χ3n) is 2.30. The van der Waals surface area contributed by atoms with Crippen LogP contribution in [-0.4, -0.2) is 0 Å². The number of nitrogens with one attached hydrogen (secondary N) is 1. The molecule has 0 fully saturated rings. The normalized spacial score (nSPS) is 9.89. The van der Waals surface area contributed by atoms with Crippen molar-refractivity contribution in [3.63, 3.8) is 0 Å². The molecule has 0 aromatic heterocycles. The zero-order valence-corrected chi connectivity index (χ0v) is 12.2. The largest absolute Gasteiger partial charge is 0.352 e. The van der Waals surface area contributed by atoms with Crippen molar-refractivity contribution in [1.82, 2.24) is 0 Å². The van der Waals surface area contributed by atoms with Gasteiger partial charge in [0.15, 0.2) is 0 Å². The lowest BCUT2D eigenvalue weighted by Gasteiger charge is -2.10. The Hall–Kier alpha value is -1.38. The van der Waals surface area contributed by atoms with Crippen LogP contribution in [0.4, 0.5) is 15.8 Å². The van der Waals surface area contributed by atoms with E-state index in [0.29, 0.717) is 16.9 Å². The van der Waals surface area contributed by atoms with Crippen LogP contribution in [0.5, 0.6) is 0 Å². The number of nitriles is 1. The van der Waals surface area contributed by atoms with Crippen molar-refractivity contribution in [3.8, 4) is 6.07 Å². The van der Waals surface area contributed by atoms with Crippen LogP contribution in [0.25, 0.3) is 0 Å². The lowest BCUT2D eigenvalue weighted by atomic mass is 10.2. The summed E-state index contributed by atoms with van der Waals surface area (Å²) in [5.41, 5.74) is 1.33. The highest BCUT2D eigenvalue weighted by molar-refractivity contribution is 9.10. The summed E-state index contributed by atoms with van der Waals surface area (Å²) in [6.07, 6.45) is 0. The first kappa shape index (κ1) is 13.1. The van der Waals surface area contributed by atoms with Gasteiger partial charge in [-0.05, 0) is 36.4 Å². The van der Waals surface area contributed by atoms with Gasteiger partial charge in [0.05, 0.1) is 16.9 Å². The second-order valence-corrected chi connectivity index (χ2v) is 5.38. The van der Waals surface area contributed by atoms with E-state index in [-0.39, 0.29) is 5.82 Å². The monoisotopic (exact) mass is 368 g/mol.